The monoisotopic (exact) mass is 209 g/mol. The first-order valence-corrected chi connectivity index (χ1v) is 5.28. The van der Waals surface area contributed by atoms with Gasteiger partial charge in [-0.15, -0.1) is 0 Å². The van der Waals surface area contributed by atoms with Gasteiger partial charge < -0.3 is 5.32 Å². The summed E-state index contributed by atoms with van der Waals surface area (Å²) in [5.41, 5.74) is 1.42. The molecule has 1 amide bonds. The van der Waals surface area contributed by atoms with Crippen molar-refractivity contribution >= 4 is 5.91 Å². The standard InChI is InChI=1S/C14H11NO/c16-13-14(15-13,11-7-3-1-4-8-11)12-9-5-2-6-10-12/h1-10H,(H,15,16). The van der Waals surface area contributed by atoms with Crippen molar-refractivity contribution < 1.29 is 4.79 Å². The maximum Gasteiger partial charge on any atom is 0.256 e. The number of rotatable bonds is 2. The first kappa shape index (κ1) is 9.16. The number of benzene rings is 2. The van der Waals surface area contributed by atoms with E-state index in [9.17, 15) is 4.79 Å². The zero-order valence-corrected chi connectivity index (χ0v) is 8.68. The molecule has 1 fully saturated rings. The predicted octanol–water partition coefficient (Wildman–Crippen LogP) is 2.06. The quantitative estimate of drug-likeness (QED) is 0.755. The Morgan fingerprint density at radius 3 is 1.44 bits per heavy atom. The van der Waals surface area contributed by atoms with Crippen LogP contribution in [0.15, 0.2) is 60.7 Å². The van der Waals surface area contributed by atoms with Gasteiger partial charge in [0, 0.05) is 0 Å². The second-order valence-corrected chi connectivity index (χ2v) is 3.94. The molecule has 0 radical (unpaired) electrons. The molecule has 1 N–H and O–H groups in total. The number of hydrogen-bond acceptors (Lipinski definition) is 1. The van der Waals surface area contributed by atoms with E-state index < -0.39 is 5.54 Å². The molecule has 2 nitrogen and oxygen atoms in total. The lowest BCUT2D eigenvalue weighted by Crippen LogP contribution is -2.15. The molecule has 0 unspecified atom stereocenters. The van der Waals surface area contributed by atoms with Crippen LogP contribution in [-0.4, -0.2) is 5.91 Å². The van der Waals surface area contributed by atoms with E-state index in [4.69, 9.17) is 0 Å². The van der Waals surface area contributed by atoms with Crippen molar-refractivity contribution in [3.8, 4) is 0 Å². The first-order chi connectivity index (χ1) is 7.84. The van der Waals surface area contributed by atoms with Crippen LogP contribution in [0.4, 0.5) is 0 Å². The van der Waals surface area contributed by atoms with Crippen LogP contribution >= 0.6 is 0 Å². The summed E-state index contributed by atoms with van der Waals surface area (Å²) in [6.45, 7) is 0. The summed E-state index contributed by atoms with van der Waals surface area (Å²) in [7, 11) is 0. The smallest absolute Gasteiger partial charge is 0.256 e. The largest absolute Gasteiger partial charge is 0.332 e. The highest BCUT2D eigenvalue weighted by molar-refractivity contribution is 6.06. The Morgan fingerprint density at radius 2 is 1.12 bits per heavy atom. The second kappa shape index (κ2) is 3.20. The molecule has 1 saturated heterocycles. The molecule has 3 rings (SSSR count). The molecule has 78 valence electrons. The highest BCUT2D eigenvalue weighted by Crippen LogP contribution is 2.38. The van der Waals surface area contributed by atoms with Gasteiger partial charge in [0.2, 0.25) is 0 Å². The third-order valence-corrected chi connectivity index (χ3v) is 2.99. The molecule has 1 heterocycles. The average molecular weight is 209 g/mol. The number of carbonyl (C=O) groups is 1. The molecule has 2 aromatic carbocycles. The topological polar surface area (TPSA) is 39.0 Å². The highest BCUT2D eigenvalue weighted by Gasteiger charge is 2.56. The van der Waals surface area contributed by atoms with Gasteiger partial charge in [-0.25, -0.2) is 0 Å². The summed E-state index contributed by atoms with van der Waals surface area (Å²) >= 11 is 0. The predicted molar refractivity (Wildman–Crippen MR) is 61.8 cm³/mol. The molecule has 0 atom stereocenters. The van der Waals surface area contributed by atoms with E-state index in [1.165, 1.54) is 0 Å². The molecule has 1 aliphatic rings. The molecular weight excluding hydrogens is 198 g/mol. The lowest BCUT2D eigenvalue weighted by molar-refractivity contribution is -0.111. The van der Waals surface area contributed by atoms with E-state index in [0.29, 0.717) is 0 Å². The zero-order chi connectivity index (χ0) is 11.0. The van der Waals surface area contributed by atoms with Crippen molar-refractivity contribution in [2.24, 2.45) is 0 Å². The van der Waals surface area contributed by atoms with Gasteiger partial charge in [0.1, 0.15) is 0 Å². The van der Waals surface area contributed by atoms with Crippen molar-refractivity contribution in [3.05, 3.63) is 71.8 Å². The third kappa shape index (κ3) is 1.16. The Kier molecular flexibility index (Phi) is 1.83. The Balaban J connectivity index is 2.13. The van der Waals surface area contributed by atoms with Crippen molar-refractivity contribution in [2.75, 3.05) is 0 Å². The molecule has 2 aromatic rings. The lowest BCUT2D eigenvalue weighted by Gasteiger charge is -2.11. The van der Waals surface area contributed by atoms with Gasteiger partial charge in [0.15, 0.2) is 5.54 Å². The third-order valence-electron chi connectivity index (χ3n) is 2.99. The van der Waals surface area contributed by atoms with Crippen LogP contribution in [-0.2, 0) is 10.3 Å². The number of nitrogens with one attached hydrogen (secondary N) is 1. The van der Waals surface area contributed by atoms with Gasteiger partial charge in [-0.1, -0.05) is 60.7 Å². The molecule has 0 aliphatic carbocycles. The Labute approximate surface area is 93.9 Å². The molecule has 16 heavy (non-hydrogen) atoms. The van der Waals surface area contributed by atoms with E-state index >= 15 is 0 Å². The fourth-order valence-corrected chi connectivity index (χ4v) is 2.09. The van der Waals surface area contributed by atoms with Crippen LogP contribution in [0.5, 0.6) is 0 Å². The minimum Gasteiger partial charge on any atom is -0.332 e. The maximum atomic E-state index is 11.7. The summed E-state index contributed by atoms with van der Waals surface area (Å²) in [5.74, 6) is 0.0740. The molecule has 0 aromatic heterocycles. The number of amides is 1. The molecule has 0 bridgehead atoms. The van der Waals surface area contributed by atoms with Crippen LogP contribution in [0.2, 0.25) is 0 Å². The average Bonchev–Trinajstić information content (AvgIpc) is 3.05. The van der Waals surface area contributed by atoms with Crippen molar-refractivity contribution in [1.29, 1.82) is 0 Å². The lowest BCUT2D eigenvalue weighted by atomic mass is 9.91. The first-order valence-electron chi connectivity index (χ1n) is 5.28. The maximum absolute atomic E-state index is 11.7. The van der Waals surface area contributed by atoms with E-state index in [1.807, 2.05) is 60.7 Å². The minimum atomic E-state index is -0.595. The minimum absolute atomic E-state index is 0.0740. The fraction of sp³-hybridized carbons (Fsp3) is 0.0714. The molecule has 1 aliphatic heterocycles. The van der Waals surface area contributed by atoms with Gasteiger partial charge in [-0.3, -0.25) is 4.79 Å². The van der Waals surface area contributed by atoms with Crippen molar-refractivity contribution in [1.82, 2.24) is 5.32 Å². The molecular formula is C14H11NO. The van der Waals surface area contributed by atoms with E-state index in [1.54, 1.807) is 0 Å². The van der Waals surface area contributed by atoms with Gasteiger partial charge in [0.25, 0.3) is 5.91 Å². The summed E-state index contributed by atoms with van der Waals surface area (Å²) in [5, 5.41) is 2.94. The zero-order valence-electron chi connectivity index (χ0n) is 8.68. The SMILES string of the molecule is O=C1NC1(c1ccccc1)c1ccccc1. The van der Waals surface area contributed by atoms with Gasteiger partial charge >= 0.3 is 0 Å². The normalized spacial score (nSPS) is 16.6. The molecule has 0 spiro atoms. The van der Waals surface area contributed by atoms with E-state index in [2.05, 4.69) is 5.32 Å². The van der Waals surface area contributed by atoms with Gasteiger partial charge in [0.05, 0.1) is 0 Å². The second-order valence-electron chi connectivity index (χ2n) is 3.94. The highest BCUT2D eigenvalue weighted by atomic mass is 16.2. The Morgan fingerprint density at radius 1 is 0.750 bits per heavy atom. The molecule has 2 heteroatoms. The summed E-state index contributed by atoms with van der Waals surface area (Å²) < 4.78 is 0. The summed E-state index contributed by atoms with van der Waals surface area (Å²) in [4.78, 5) is 11.7. The van der Waals surface area contributed by atoms with E-state index in [-0.39, 0.29) is 5.91 Å². The Hall–Kier alpha value is -2.09. The Bertz CT molecular complexity index is 479. The van der Waals surface area contributed by atoms with Crippen molar-refractivity contribution in [3.63, 3.8) is 0 Å². The van der Waals surface area contributed by atoms with Crippen LogP contribution in [0.1, 0.15) is 11.1 Å². The number of carbonyl (C=O) groups excluding carboxylic acids is 1. The van der Waals surface area contributed by atoms with E-state index in [0.717, 1.165) is 11.1 Å². The van der Waals surface area contributed by atoms with Crippen LogP contribution in [0.25, 0.3) is 0 Å². The van der Waals surface area contributed by atoms with Gasteiger partial charge in [-0.05, 0) is 11.1 Å². The summed E-state index contributed by atoms with van der Waals surface area (Å²) in [6.07, 6.45) is 0. The van der Waals surface area contributed by atoms with Crippen LogP contribution in [0.3, 0.4) is 0 Å². The van der Waals surface area contributed by atoms with Crippen molar-refractivity contribution in [2.45, 2.75) is 5.54 Å². The summed E-state index contributed by atoms with van der Waals surface area (Å²) in [6, 6.07) is 19.6. The van der Waals surface area contributed by atoms with Gasteiger partial charge in [-0.2, -0.15) is 0 Å². The number of hydrogen-bond donors (Lipinski definition) is 1. The van der Waals surface area contributed by atoms with Crippen LogP contribution in [0, 0.1) is 0 Å². The molecule has 0 saturated carbocycles. The fourth-order valence-electron chi connectivity index (χ4n) is 2.09. The van der Waals surface area contributed by atoms with Crippen LogP contribution < -0.4 is 5.32 Å².